The molecule has 0 aromatic heterocycles. The Bertz CT molecular complexity index is 425. The maximum Gasteiger partial charge on any atom is 0.128 e. The third kappa shape index (κ3) is 2.96. The summed E-state index contributed by atoms with van der Waals surface area (Å²) in [5, 5.41) is 9.55. The molecule has 1 aromatic carbocycles. The van der Waals surface area contributed by atoms with Crippen molar-refractivity contribution in [3.05, 3.63) is 22.2 Å². The van der Waals surface area contributed by atoms with Crippen LogP contribution in [-0.4, -0.2) is 43.4 Å². The molecule has 18 heavy (non-hydrogen) atoms. The SMILES string of the molecule is COc1cc(Br)c(CN2CC[C@@H](O)C2)c(OC)c1. The van der Waals surface area contributed by atoms with E-state index in [1.54, 1.807) is 14.2 Å². The lowest BCUT2D eigenvalue weighted by atomic mass is 10.2. The number of aliphatic hydroxyl groups is 1. The third-order valence-corrected chi connectivity index (χ3v) is 3.92. The zero-order valence-corrected chi connectivity index (χ0v) is 12.2. The fraction of sp³-hybridized carbons (Fsp3) is 0.538. The molecule has 100 valence electrons. The van der Waals surface area contributed by atoms with E-state index < -0.39 is 0 Å². The van der Waals surface area contributed by atoms with Crippen LogP contribution in [0.1, 0.15) is 12.0 Å². The zero-order chi connectivity index (χ0) is 13.1. The van der Waals surface area contributed by atoms with E-state index in [-0.39, 0.29) is 6.10 Å². The number of hydrogen-bond acceptors (Lipinski definition) is 4. The topological polar surface area (TPSA) is 41.9 Å². The molecular weight excluding hydrogens is 298 g/mol. The molecule has 1 fully saturated rings. The Morgan fingerprint density at radius 1 is 1.39 bits per heavy atom. The van der Waals surface area contributed by atoms with Crippen molar-refractivity contribution >= 4 is 15.9 Å². The monoisotopic (exact) mass is 315 g/mol. The molecule has 1 aliphatic heterocycles. The summed E-state index contributed by atoms with van der Waals surface area (Å²) in [5.74, 6) is 1.58. The predicted octanol–water partition coefficient (Wildman–Crippen LogP) is 2.03. The van der Waals surface area contributed by atoms with Gasteiger partial charge in [0.15, 0.2) is 0 Å². The van der Waals surface area contributed by atoms with Crippen LogP contribution in [0.3, 0.4) is 0 Å². The third-order valence-electron chi connectivity index (χ3n) is 3.21. The van der Waals surface area contributed by atoms with Gasteiger partial charge in [-0.05, 0) is 12.5 Å². The molecule has 1 saturated heterocycles. The smallest absolute Gasteiger partial charge is 0.128 e. The van der Waals surface area contributed by atoms with Gasteiger partial charge in [0.2, 0.25) is 0 Å². The van der Waals surface area contributed by atoms with Crippen molar-refractivity contribution < 1.29 is 14.6 Å². The average molecular weight is 316 g/mol. The molecule has 0 bridgehead atoms. The van der Waals surface area contributed by atoms with E-state index in [4.69, 9.17) is 9.47 Å². The van der Waals surface area contributed by atoms with E-state index in [9.17, 15) is 5.11 Å². The van der Waals surface area contributed by atoms with Crippen LogP contribution in [0.25, 0.3) is 0 Å². The summed E-state index contributed by atoms with van der Waals surface area (Å²) < 4.78 is 11.6. The number of β-amino-alcohol motifs (C(OH)–C–C–N with tert-alkyl or cyclic N) is 1. The van der Waals surface area contributed by atoms with E-state index in [1.807, 2.05) is 12.1 Å². The summed E-state index contributed by atoms with van der Waals surface area (Å²) in [6.07, 6.45) is 0.642. The molecule has 1 N–H and O–H groups in total. The molecule has 1 aromatic rings. The number of nitrogens with zero attached hydrogens (tertiary/aromatic N) is 1. The molecule has 4 nitrogen and oxygen atoms in total. The van der Waals surface area contributed by atoms with Crippen LogP contribution >= 0.6 is 15.9 Å². The van der Waals surface area contributed by atoms with Gasteiger partial charge in [-0.2, -0.15) is 0 Å². The number of likely N-dealkylation sites (tertiary alicyclic amines) is 1. The fourth-order valence-electron chi connectivity index (χ4n) is 2.22. The molecule has 5 heteroatoms. The maximum absolute atomic E-state index is 9.55. The number of aliphatic hydroxyl groups excluding tert-OH is 1. The Balaban J connectivity index is 2.21. The zero-order valence-electron chi connectivity index (χ0n) is 10.6. The molecular formula is C13H18BrNO3. The van der Waals surface area contributed by atoms with Crippen molar-refractivity contribution in [1.29, 1.82) is 0 Å². The van der Waals surface area contributed by atoms with E-state index in [0.717, 1.165) is 47.6 Å². The predicted molar refractivity (Wildman–Crippen MR) is 73.1 cm³/mol. The number of halogens is 1. The molecule has 0 saturated carbocycles. The first-order valence-corrected chi connectivity index (χ1v) is 6.74. The summed E-state index contributed by atoms with van der Waals surface area (Å²) in [6.45, 7) is 2.41. The van der Waals surface area contributed by atoms with Gasteiger partial charge in [0.05, 0.1) is 20.3 Å². The second kappa shape index (κ2) is 5.91. The van der Waals surface area contributed by atoms with E-state index in [2.05, 4.69) is 20.8 Å². The van der Waals surface area contributed by atoms with Crippen molar-refractivity contribution in [2.24, 2.45) is 0 Å². The van der Waals surface area contributed by atoms with Crippen LogP contribution in [0.15, 0.2) is 16.6 Å². The lowest BCUT2D eigenvalue weighted by Gasteiger charge is -2.19. The minimum Gasteiger partial charge on any atom is -0.497 e. The maximum atomic E-state index is 9.55. The molecule has 0 amide bonds. The standard InChI is InChI=1S/C13H18BrNO3/c1-17-10-5-12(14)11(13(6-10)18-2)8-15-4-3-9(16)7-15/h5-6,9,16H,3-4,7-8H2,1-2H3/t9-/m1/s1. The molecule has 0 unspecified atom stereocenters. The molecule has 0 spiro atoms. The van der Waals surface area contributed by atoms with Crippen LogP contribution in [-0.2, 0) is 6.54 Å². The number of benzene rings is 1. The Morgan fingerprint density at radius 3 is 2.72 bits per heavy atom. The van der Waals surface area contributed by atoms with Gasteiger partial charge in [0.1, 0.15) is 11.5 Å². The summed E-state index contributed by atoms with van der Waals surface area (Å²) in [4.78, 5) is 2.22. The van der Waals surface area contributed by atoms with Gasteiger partial charge in [-0.3, -0.25) is 4.90 Å². The summed E-state index contributed by atoms with van der Waals surface area (Å²) in [7, 11) is 3.29. The first-order valence-electron chi connectivity index (χ1n) is 5.95. The molecule has 1 aliphatic rings. The van der Waals surface area contributed by atoms with E-state index in [1.165, 1.54) is 0 Å². The largest absolute Gasteiger partial charge is 0.497 e. The molecule has 1 heterocycles. The van der Waals surface area contributed by atoms with Gasteiger partial charge in [-0.1, -0.05) is 15.9 Å². The quantitative estimate of drug-likeness (QED) is 0.923. The minimum absolute atomic E-state index is 0.201. The number of rotatable bonds is 4. The van der Waals surface area contributed by atoms with Crippen LogP contribution in [0.2, 0.25) is 0 Å². The Morgan fingerprint density at radius 2 is 2.17 bits per heavy atom. The normalized spacial score (nSPS) is 20.1. The Hall–Kier alpha value is -0.780. The number of hydrogen-bond donors (Lipinski definition) is 1. The van der Waals surface area contributed by atoms with Gasteiger partial charge in [0.25, 0.3) is 0 Å². The second-order valence-corrected chi connectivity index (χ2v) is 5.32. The van der Waals surface area contributed by atoms with Crippen molar-refractivity contribution in [3.63, 3.8) is 0 Å². The lowest BCUT2D eigenvalue weighted by molar-refractivity contribution is 0.174. The van der Waals surface area contributed by atoms with E-state index in [0.29, 0.717) is 0 Å². The summed E-state index contributed by atoms with van der Waals surface area (Å²) in [5.41, 5.74) is 1.09. The van der Waals surface area contributed by atoms with E-state index >= 15 is 0 Å². The van der Waals surface area contributed by atoms with Gasteiger partial charge >= 0.3 is 0 Å². The van der Waals surface area contributed by atoms with Crippen molar-refractivity contribution in [1.82, 2.24) is 4.90 Å². The lowest BCUT2D eigenvalue weighted by Crippen LogP contribution is -2.22. The van der Waals surface area contributed by atoms with Crippen LogP contribution in [0.4, 0.5) is 0 Å². The summed E-state index contributed by atoms with van der Waals surface area (Å²) >= 11 is 3.55. The molecule has 0 aliphatic carbocycles. The minimum atomic E-state index is -0.201. The fourth-order valence-corrected chi connectivity index (χ4v) is 2.77. The van der Waals surface area contributed by atoms with Gasteiger partial charge in [-0.15, -0.1) is 0 Å². The van der Waals surface area contributed by atoms with Crippen LogP contribution < -0.4 is 9.47 Å². The van der Waals surface area contributed by atoms with Gasteiger partial charge in [0, 0.05) is 35.7 Å². The first-order chi connectivity index (χ1) is 8.63. The molecule has 1 atom stereocenters. The summed E-state index contributed by atoms with van der Waals surface area (Å²) in [6, 6.07) is 3.82. The Labute approximate surface area is 116 Å². The first kappa shape index (κ1) is 13.6. The highest BCUT2D eigenvalue weighted by Gasteiger charge is 2.22. The molecule has 0 radical (unpaired) electrons. The second-order valence-electron chi connectivity index (χ2n) is 4.47. The van der Waals surface area contributed by atoms with Crippen molar-refractivity contribution in [3.8, 4) is 11.5 Å². The van der Waals surface area contributed by atoms with Crippen molar-refractivity contribution in [2.75, 3.05) is 27.3 Å². The van der Waals surface area contributed by atoms with Crippen LogP contribution in [0, 0.1) is 0 Å². The number of methoxy groups -OCH3 is 2. The van der Waals surface area contributed by atoms with Gasteiger partial charge < -0.3 is 14.6 Å². The highest BCUT2D eigenvalue weighted by Crippen LogP contribution is 2.33. The average Bonchev–Trinajstić information content (AvgIpc) is 2.77. The van der Waals surface area contributed by atoms with Crippen LogP contribution in [0.5, 0.6) is 11.5 Å². The highest BCUT2D eigenvalue weighted by atomic mass is 79.9. The van der Waals surface area contributed by atoms with Crippen molar-refractivity contribution in [2.45, 2.75) is 19.1 Å². The Kier molecular flexibility index (Phi) is 4.48. The molecule has 2 rings (SSSR count). The highest BCUT2D eigenvalue weighted by molar-refractivity contribution is 9.10. The van der Waals surface area contributed by atoms with Gasteiger partial charge in [-0.25, -0.2) is 0 Å². The number of ether oxygens (including phenoxy) is 2.